The zero-order valence-electron chi connectivity index (χ0n) is 14.3. The number of halogens is 1. The highest BCUT2D eigenvalue weighted by atomic mass is 32.2. The molecule has 9 heteroatoms. The highest BCUT2D eigenvalue weighted by molar-refractivity contribution is 8.18. The maximum absolute atomic E-state index is 14.1. The molecule has 0 aromatic heterocycles. The quantitative estimate of drug-likeness (QED) is 0.636. The molecule has 4 N–H and O–H groups in total. The van der Waals surface area contributed by atoms with Gasteiger partial charge < -0.3 is 15.6 Å². The molecule has 7 nitrogen and oxygen atoms in total. The number of benzene rings is 2. The molecule has 2 aromatic rings. The summed E-state index contributed by atoms with van der Waals surface area (Å²) >= 11 is 0.827. The Morgan fingerprint density at radius 2 is 1.89 bits per heavy atom. The van der Waals surface area contributed by atoms with Gasteiger partial charge in [0.15, 0.2) is 0 Å². The maximum atomic E-state index is 14.1. The van der Waals surface area contributed by atoms with E-state index in [-0.39, 0.29) is 17.7 Å². The number of ether oxygens (including phenoxy) is 1. The van der Waals surface area contributed by atoms with Crippen molar-refractivity contribution in [1.29, 1.82) is 0 Å². The van der Waals surface area contributed by atoms with Crippen molar-refractivity contribution in [3.05, 3.63) is 64.3 Å². The minimum atomic E-state index is -1.20. The van der Waals surface area contributed by atoms with Gasteiger partial charge in [0, 0.05) is 12.5 Å². The Balaban J connectivity index is 1.68. The van der Waals surface area contributed by atoms with Gasteiger partial charge in [-0.05, 0) is 47.2 Å². The van der Waals surface area contributed by atoms with Gasteiger partial charge in [-0.2, -0.15) is 0 Å². The number of nitrogens with one attached hydrogen (secondary N) is 1. The topological polar surface area (TPSA) is 119 Å². The third-order valence-electron chi connectivity index (χ3n) is 3.84. The van der Waals surface area contributed by atoms with E-state index in [1.165, 1.54) is 12.1 Å². The third kappa shape index (κ3) is 4.76. The molecule has 1 atom stereocenters. The third-order valence-corrected chi connectivity index (χ3v) is 4.65. The van der Waals surface area contributed by atoms with Gasteiger partial charge in [-0.25, -0.2) is 4.39 Å². The molecule has 1 unspecified atom stereocenters. The number of nitrogens with two attached hydrogens (primary N) is 1. The molecule has 1 aliphatic rings. The summed E-state index contributed by atoms with van der Waals surface area (Å²) in [7, 11) is 0. The highest BCUT2D eigenvalue weighted by Gasteiger charge is 2.24. The van der Waals surface area contributed by atoms with Crippen LogP contribution in [-0.2, 0) is 16.0 Å². The molecule has 0 saturated carbocycles. The molecule has 1 aliphatic heterocycles. The fraction of sp³-hybridized carbons (Fsp3) is 0.105. The van der Waals surface area contributed by atoms with Crippen LogP contribution in [0.3, 0.4) is 0 Å². The van der Waals surface area contributed by atoms with Crippen LogP contribution in [0.5, 0.6) is 11.5 Å². The zero-order valence-corrected chi connectivity index (χ0v) is 15.2. The second-order valence-electron chi connectivity index (χ2n) is 5.93. The number of carbonyl (C=O) groups is 3. The van der Waals surface area contributed by atoms with Gasteiger partial charge in [-0.3, -0.25) is 19.7 Å². The van der Waals surface area contributed by atoms with Crippen molar-refractivity contribution in [3.63, 3.8) is 0 Å². The molecular weight excluding hydrogens is 387 g/mol. The first-order valence-electron chi connectivity index (χ1n) is 8.11. The zero-order chi connectivity index (χ0) is 20.3. The molecule has 0 radical (unpaired) electrons. The number of amides is 2. The van der Waals surface area contributed by atoms with Crippen LogP contribution in [-0.4, -0.2) is 28.3 Å². The van der Waals surface area contributed by atoms with Crippen molar-refractivity contribution < 1.29 is 28.6 Å². The molecule has 0 aliphatic carbocycles. The number of hydrogen-bond donors (Lipinski definition) is 3. The molecule has 2 amide bonds. The van der Waals surface area contributed by atoms with Crippen LogP contribution >= 0.6 is 11.8 Å². The fourth-order valence-corrected chi connectivity index (χ4v) is 3.10. The molecule has 1 saturated heterocycles. The number of hydrogen-bond acceptors (Lipinski definition) is 6. The van der Waals surface area contributed by atoms with Gasteiger partial charge in [0.05, 0.1) is 4.91 Å². The van der Waals surface area contributed by atoms with Crippen LogP contribution < -0.4 is 15.8 Å². The average Bonchev–Trinajstić information content (AvgIpc) is 2.96. The first-order chi connectivity index (χ1) is 13.3. The predicted molar refractivity (Wildman–Crippen MR) is 101 cm³/mol. The summed E-state index contributed by atoms with van der Waals surface area (Å²) in [5.41, 5.74) is 6.30. The number of rotatable bonds is 6. The lowest BCUT2D eigenvalue weighted by Crippen LogP contribution is -2.32. The molecular formula is C19H15FN2O5S. The summed E-state index contributed by atoms with van der Waals surface area (Å²) < 4.78 is 19.7. The van der Waals surface area contributed by atoms with Crippen molar-refractivity contribution in [2.75, 3.05) is 0 Å². The Bertz CT molecular complexity index is 975. The number of carboxylic acids is 1. The van der Waals surface area contributed by atoms with Crippen molar-refractivity contribution in [2.24, 2.45) is 5.73 Å². The van der Waals surface area contributed by atoms with Crippen molar-refractivity contribution in [1.82, 2.24) is 5.32 Å². The minimum absolute atomic E-state index is 0.126. The Morgan fingerprint density at radius 1 is 1.21 bits per heavy atom. The monoisotopic (exact) mass is 402 g/mol. The standard InChI is InChI=1S/C19H15FN2O5S/c20-14-9-13(6-3-11(14)8-15(21)18(24)25)27-12-4-1-10(2-5-12)7-16-17(23)22-19(26)28-16/h1-7,9,15H,8,21H2,(H,24,25)(H,22,23,26). The fourth-order valence-electron chi connectivity index (χ4n) is 2.42. The second kappa shape index (κ2) is 8.24. The Labute approximate surface area is 163 Å². The van der Waals surface area contributed by atoms with Crippen LogP contribution in [0.2, 0.25) is 0 Å². The summed E-state index contributed by atoms with van der Waals surface area (Å²) in [6.45, 7) is 0. The SMILES string of the molecule is NC(Cc1ccc(Oc2ccc(C=C3SC(=O)NC3=O)cc2)cc1F)C(=O)O. The smallest absolute Gasteiger partial charge is 0.320 e. The largest absolute Gasteiger partial charge is 0.480 e. The van der Waals surface area contributed by atoms with Crippen molar-refractivity contribution in [3.8, 4) is 11.5 Å². The number of thioether (sulfide) groups is 1. The second-order valence-corrected chi connectivity index (χ2v) is 6.94. The van der Waals surface area contributed by atoms with Gasteiger partial charge in [0.2, 0.25) is 0 Å². The average molecular weight is 402 g/mol. The van der Waals surface area contributed by atoms with E-state index in [0.29, 0.717) is 16.2 Å². The summed E-state index contributed by atoms with van der Waals surface area (Å²) in [6, 6.07) is 9.58. The summed E-state index contributed by atoms with van der Waals surface area (Å²) in [4.78, 5) is 33.8. The van der Waals surface area contributed by atoms with E-state index in [1.807, 2.05) is 0 Å². The molecule has 1 heterocycles. The Morgan fingerprint density at radius 3 is 2.46 bits per heavy atom. The molecule has 2 aromatic carbocycles. The van der Waals surface area contributed by atoms with E-state index in [0.717, 1.165) is 17.8 Å². The van der Waals surface area contributed by atoms with Crippen LogP contribution in [0, 0.1) is 5.82 Å². The van der Waals surface area contributed by atoms with Gasteiger partial charge in [0.25, 0.3) is 11.1 Å². The molecule has 0 bridgehead atoms. The predicted octanol–water partition coefficient (Wildman–Crippen LogP) is 2.90. The van der Waals surface area contributed by atoms with E-state index in [9.17, 15) is 18.8 Å². The highest BCUT2D eigenvalue weighted by Crippen LogP contribution is 2.28. The number of aliphatic carboxylic acids is 1. The van der Waals surface area contributed by atoms with E-state index >= 15 is 0 Å². The summed E-state index contributed by atoms with van der Waals surface area (Å²) in [5.74, 6) is -1.56. The number of carbonyl (C=O) groups excluding carboxylic acids is 2. The van der Waals surface area contributed by atoms with Crippen LogP contribution in [0.15, 0.2) is 47.4 Å². The Kier molecular flexibility index (Phi) is 5.76. The first kappa shape index (κ1) is 19.6. The van der Waals surface area contributed by atoms with Gasteiger partial charge in [0.1, 0.15) is 23.4 Å². The Hall–Kier alpha value is -3.17. The summed E-state index contributed by atoms with van der Waals surface area (Å²) in [6.07, 6.45) is 1.45. The van der Waals surface area contributed by atoms with Gasteiger partial charge >= 0.3 is 5.97 Å². The maximum Gasteiger partial charge on any atom is 0.320 e. The van der Waals surface area contributed by atoms with Crippen molar-refractivity contribution >= 4 is 35.0 Å². The van der Waals surface area contributed by atoms with E-state index in [2.05, 4.69) is 5.32 Å². The van der Waals surface area contributed by atoms with Crippen LogP contribution in [0.1, 0.15) is 11.1 Å². The molecule has 3 rings (SSSR count). The minimum Gasteiger partial charge on any atom is -0.480 e. The number of imide groups is 1. The van der Waals surface area contributed by atoms with Crippen molar-refractivity contribution in [2.45, 2.75) is 12.5 Å². The lowest BCUT2D eigenvalue weighted by molar-refractivity contribution is -0.138. The molecule has 1 fully saturated rings. The first-order valence-corrected chi connectivity index (χ1v) is 8.93. The number of carboxylic acid groups (broad SMARTS) is 1. The van der Waals surface area contributed by atoms with Crippen LogP contribution in [0.4, 0.5) is 9.18 Å². The van der Waals surface area contributed by atoms with Gasteiger partial charge in [-0.15, -0.1) is 0 Å². The van der Waals surface area contributed by atoms with Gasteiger partial charge in [-0.1, -0.05) is 18.2 Å². The lowest BCUT2D eigenvalue weighted by Gasteiger charge is -2.10. The molecule has 144 valence electrons. The normalized spacial score (nSPS) is 16.1. The molecule has 28 heavy (non-hydrogen) atoms. The lowest BCUT2D eigenvalue weighted by atomic mass is 10.1. The van der Waals surface area contributed by atoms with E-state index < -0.39 is 29.0 Å². The summed E-state index contributed by atoms with van der Waals surface area (Å²) in [5, 5.41) is 10.6. The molecule has 0 spiro atoms. The van der Waals surface area contributed by atoms with E-state index in [4.69, 9.17) is 15.6 Å². The van der Waals surface area contributed by atoms with E-state index in [1.54, 1.807) is 30.3 Å². The van der Waals surface area contributed by atoms with Crippen LogP contribution in [0.25, 0.3) is 6.08 Å².